The van der Waals surface area contributed by atoms with E-state index in [1.165, 1.54) is 17.3 Å². The van der Waals surface area contributed by atoms with Crippen molar-refractivity contribution in [2.24, 2.45) is 0 Å². The SMILES string of the molecule is Cc1ccc(C(=O)CSc2n[nH]c(=O)n2C(C)C)cc1C. The fourth-order valence-electron chi connectivity index (χ4n) is 1.98. The zero-order valence-corrected chi connectivity index (χ0v) is 13.5. The first-order valence-electron chi connectivity index (χ1n) is 6.80. The van der Waals surface area contributed by atoms with Crippen LogP contribution < -0.4 is 5.69 Å². The average molecular weight is 305 g/mol. The molecule has 2 aromatic rings. The number of benzene rings is 1. The lowest BCUT2D eigenvalue weighted by molar-refractivity contribution is 0.102. The number of rotatable bonds is 5. The van der Waals surface area contributed by atoms with Gasteiger partial charge in [-0.05, 0) is 44.9 Å². The van der Waals surface area contributed by atoms with Gasteiger partial charge in [-0.1, -0.05) is 23.9 Å². The molecular weight excluding hydrogens is 286 g/mol. The molecule has 0 aliphatic rings. The lowest BCUT2D eigenvalue weighted by Gasteiger charge is -2.08. The van der Waals surface area contributed by atoms with Gasteiger partial charge < -0.3 is 0 Å². The van der Waals surface area contributed by atoms with Crippen molar-refractivity contribution in [1.82, 2.24) is 14.8 Å². The van der Waals surface area contributed by atoms with Gasteiger partial charge in [-0.25, -0.2) is 9.89 Å². The smallest absolute Gasteiger partial charge is 0.293 e. The largest absolute Gasteiger partial charge is 0.344 e. The summed E-state index contributed by atoms with van der Waals surface area (Å²) in [6, 6.07) is 5.70. The number of nitrogens with one attached hydrogen (secondary N) is 1. The molecule has 5 nitrogen and oxygen atoms in total. The Kier molecular flexibility index (Phi) is 4.67. The maximum absolute atomic E-state index is 12.2. The lowest BCUT2D eigenvalue weighted by atomic mass is 10.0. The summed E-state index contributed by atoms with van der Waals surface area (Å²) in [5.74, 6) is 0.299. The molecule has 1 aromatic carbocycles. The first-order valence-corrected chi connectivity index (χ1v) is 7.79. The topological polar surface area (TPSA) is 67.8 Å². The molecule has 6 heteroatoms. The molecule has 0 saturated carbocycles. The third-order valence-electron chi connectivity index (χ3n) is 3.35. The van der Waals surface area contributed by atoms with Gasteiger partial charge in [0.05, 0.1) is 5.75 Å². The summed E-state index contributed by atoms with van der Waals surface area (Å²) in [5.41, 5.74) is 2.72. The molecule has 1 heterocycles. The zero-order chi connectivity index (χ0) is 15.6. The normalized spacial score (nSPS) is 11.1. The molecule has 0 aliphatic carbocycles. The molecule has 112 valence electrons. The molecule has 2 rings (SSSR count). The summed E-state index contributed by atoms with van der Waals surface area (Å²) >= 11 is 1.28. The number of ketones is 1. The Morgan fingerprint density at radius 2 is 2.05 bits per heavy atom. The minimum atomic E-state index is -0.244. The summed E-state index contributed by atoms with van der Waals surface area (Å²) in [6.07, 6.45) is 0. The molecule has 0 radical (unpaired) electrons. The lowest BCUT2D eigenvalue weighted by Crippen LogP contribution is -2.19. The van der Waals surface area contributed by atoms with Crippen LogP contribution in [-0.4, -0.2) is 26.3 Å². The molecule has 0 aliphatic heterocycles. The van der Waals surface area contributed by atoms with Crippen LogP contribution in [0.1, 0.15) is 41.4 Å². The summed E-state index contributed by atoms with van der Waals surface area (Å²) < 4.78 is 1.55. The monoisotopic (exact) mass is 305 g/mol. The van der Waals surface area contributed by atoms with Crippen molar-refractivity contribution < 1.29 is 4.79 Å². The van der Waals surface area contributed by atoms with Gasteiger partial charge in [-0.2, -0.15) is 0 Å². The highest BCUT2D eigenvalue weighted by Crippen LogP contribution is 2.19. The van der Waals surface area contributed by atoms with Crippen LogP contribution >= 0.6 is 11.8 Å². The molecule has 0 atom stereocenters. The van der Waals surface area contributed by atoms with Crippen LogP contribution in [0, 0.1) is 13.8 Å². The van der Waals surface area contributed by atoms with E-state index in [0.717, 1.165) is 5.56 Å². The van der Waals surface area contributed by atoms with E-state index in [4.69, 9.17) is 0 Å². The number of carbonyl (C=O) groups is 1. The van der Waals surface area contributed by atoms with Gasteiger partial charge in [0.2, 0.25) is 0 Å². The van der Waals surface area contributed by atoms with Crippen molar-refractivity contribution in [3.63, 3.8) is 0 Å². The van der Waals surface area contributed by atoms with Crippen molar-refractivity contribution in [3.05, 3.63) is 45.4 Å². The first kappa shape index (κ1) is 15.6. The summed E-state index contributed by atoms with van der Waals surface area (Å²) in [5, 5.41) is 6.94. The summed E-state index contributed by atoms with van der Waals surface area (Å²) in [4.78, 5) is 23.8. The Morgan fingerprint density at radius 3 is 2.67 bits per heavy atom. The molecule has 0 amide bonds. The molecule has 0 unspecified atom stereocenters. The Hall–Kier alpha value is -1.82. The van der Waals surface area contributed by atoms with Crippen molar-refractivity contribution in [1.29, 1.82) is 0 Å². The molecule has 0 saturated heterocycles. The van der Waals surface area contributed by atoms with Crippen LogP contribution in [0.3, 0.4) is 0 Å². The van der Waals surface area contributed by atoms with Crippen LogP contribution in [0.15, 0.2) is 28.2 Å². The quantitative estimate of drug-likeness (QED) is 0.681. The van der Waals surface area contributed by atoms with Crippen LogP contribution in [0.25, 0.3) is 0 Å². The number of carbonyl (C=O) groups excluding carboxylic acids is 1. The van der Waals surface area contributed by atoms with Gasteiger partial charge in [0.25, 0.3) is 0 Å². The van der Waals surface area contributed by atoms with Crippen molar-refractivity contribution in [2.75, 3.05) is 5.75 Å². The minimum Gasteiger partial charge on any atom is -0.293 e. The van der Waals surface area contributed by atoms with E-state index in [2.05, 4.69) is 10.2 Å². The number of Topliss-reactive ketones (excluding diaryl/α,β-unsaturated/α-hetero) is 1. The number of aryl methyl sites for hydroxylation is 2. The van der Waals surface area contributed by atoms with Gasteiger partial charge in [0, 0.05) is 11.6 Å². The average Bonchev–Trinajstić information content (AvgIpc) is 2.80. The highest BCUT2D eigenvalue weighted by Gasteiger charge is 2.14. The predicted octanol–water partition coefficient (Wildman–Crippen LogP) is 2.74. The van der Waals surface area contributed by atoms with E-state index in [-0.39, 0.29) is 23.3 Å². The number of hydrogen-bond acceptors (Lipinski definition) is 4. The predicted molar refractivity (Wildman–Crippen MR) is 84.2 cm³/mol. The second-order valence-electron chi connectivity index (χ2n) is 5.29. The van der Waals surface area contributed by atoms with Crippen LogP contribution in [-0.2, 0) is 0 Å². The van der Waals surface area contributed by atoms with Crippen molar-refractivity contribution >= 4 is 17.5 Å². The number of aromatic nitrogens is 3. The van der Waals surface area contributed by atoms with E-state index in [1.54, 1.807) is 4.57 Å². The second kappa shape index (κ2) is 6.30. The van der Waals surface area contributed by atoms with Gasteiger partial charge in [0.15, 0.2) is 10.9 Å². The highest BCUT2D eigenvalue weighted by molar-refractivity contribution is 7.99. The summed E-state index contributed by atoms with van der Waals surface area (Å²) in [7, 11) is 0. The highest BCUT2D eigenvalue weighted by atomic mass is 32.2. The Morgan fingerprint density at radius 1 is 1.33 bits per heavy atom. The molecule has 1 N–H and O–H groups in total. The van der Waals surface area contributed by atoms with Crippen LogP contribution in [0.4, 0.5) is 0 Å². The standard InChI is InChI=1S/C15H19N3O2S/c1-9(2)18-14(20)16-17-15(18)21-8-13(19)12-6-5-10(3)11(4)7-12/h5-7,9H,8H2,1-4H3,(H,16,20). The first-order chi connectivity index (χ1) is 9.90. The third kappa shape index (κ3) is 3.44. The van der Waals surface area contributed by atoms with E-state index < -0.39 is 0 Å². The number of nitrogens with zero attached hydrogens (tertiary/aromatic N) is 2. The number of aromatic amines is 1. The fraction of sp³-hybridized carbons (Fsp3) is 0.400. The molecule has 0 fully saturated rings. The third-order valence-corrected chi connectivity index (χ3v) is 4.30. The Balaban J connectivity index is 2.11. The molecule has 21 heavy (non-hydrogen) atoms. The van der Waals surface area contributed by atoms with Gasteiger partial charge >= 0.3 is 5.69 Å². The number of hydrogen-bond donors (Lipinski definition) is 1. The van der Waals surface area contributed by atoms with Crippen LogP contribution in [0.5, 0.6) is 0 Å². The zero-order valence-electron chi connectivity index (χ0n) is 12.6. The summed E-state index contributed by atoms with van der Waals surface area (Å²) in [6.45, 7) is 7.82. The van der Waals surface area contributed by atoms with E-state index >= 15 is 0 Å². The maximum atomic E-state index is 12.2. The molecule has 1 aromatic heterocycles. The van der Waals surface area contributed by atoms with E-state index in [1.807, 2.05) is 45.9 Å². The Bertz CT molecular complexity index is 716. The van der Waals surface area contributed by atoms with Crippen molar-refractivity contribution in [3.8, 4) is 0 Å². The maximum Gasteiger partial charge on any atom is 0.344 e. The minimum absolute atomic E-state index is 0.00970. The van der Waals surface area contributed by atoms with E-state index in [0.29, 0.717) is 10.7 Å². The fourth-order valence-corrected chi connectivity index (χ4v) is 2.95. The van der Waals surface area contributed by atoms with Gasteiger partial charge in [0.1, 0.15) is 0 Å². The Labute approximate surface area is 127 Å². The number of H-pyrrole nitrogens is 1. The van der Waals surface area contributed by atoms with Gasteiger partial charge in [-0.15, -0.1) is 5.10 Å². The second-order valence-corrected chi connectivity index (χ2v) is 6.23. The van der Waals surface area contributed by atoms with Crippen molar-refractivity contribution in [2.45, 2.75) is 38.9 Å². The molecule has 0 spiro atoms. The molecular formula is C15H19N3O2S. The number of thioether (sulfide) groups is 1. The molecule has 0 bridgehead atoms. The van der Waals surface area contributed by atoms with Gasteiger partial charge in [-0.3, -0.25) is 9.36 Å². The van der Waals surface area contributed by atoms with E-state index in [9.17, 15) is 9.59 Å². The van der Waals surface area contributed by atoms with Crippen LogP contribution in [0.2, 0.25) is 0 Å².